The molecule has 9 aromatic carbocycles. The van der Waals surface area contributed by atoms with Gasteiger partial charge in [-0.2, -0.15) is 0 Å². The Morgan fingerprint density at radius 1 is 0.231 bits per heavy atom. The van der Waals surface area contributed by atoms with Crippen LogP contribution in [-0.4, -0.2) is 15.0 Å². The van der Waals surface area contributed by atoms with Crippen LogP contribution in [0.2, 0.25) is 0 Å². The first kappa shape index (κ1) is 29.9. The molecule has 0 aliphatic carbocycles. The number of aromatic nitrogens is 3. The van der Waals surface area contributed by atoms with Crippen molar-refractivity contribution < 1.29 is 0 Å². The second kappa shape index (κ2) is 12.4. The summed E-state index contributed by atoms with van der Waals surface area (Å²) in [6.07, 6.45) is 0. The van der Waals surface area contributed by atoms with Gasteiger partial charge in [-0.15, -0.1) is 0 Å². The normalized spacial score (nSPS) is 11.5. The molecule has 3 heteroatoms. The van der Waals surface area contributed by atoms with Crippen molar-refractivity contribution in [3.8, 4) is 56.4 Å². The Labute approximate surface area is 301 Å². The first-order valence-corrected chi connectivity index (χ1v) is 17.6. The van der Waals surface area contributed by atoms with Gasteiger partial charge in [-0.1, -0.05) is 164 Å². The first-order chi connectivity index (χ1) is 25.7. The molecule has 0 bridgehead atoms. The summed E-state index contributed by atoms with van der Waals surface area (Å²) in [7, 11) is 0. The average Bonchev–Trinajstić information content (AvgIpc) is 3.22. The van der Waals surface area contributed by atoms with Crippen LogP contribution in [-0.2, 0) is 0 Å². The molecule has 10 aromatic rings. The second-order valence-electron chi connectivity index (χ2n) is 13.3. The number of hydrogen-bond acceptors (Lipinski definition) is 3. The van der Waals surface area contributed by atoms with Gasteiger partial charge in [-0.05, 0) is 89.6 Å². The van der Waals surface area contributed by atoms with E-state index < -0.39 is 0 Å². The Morgan fingerprint density at radius 2 is 0.577 bits per heavy atom. The van der Waals surface area contributed by atoms with Gasteiger partial charge in [0.15, 0.2) is 17.5 Å². The van der Waals surface area contributed by atoms with E-state index in [1.54, 1.807) is 0 Å². The molecule has 0 spiro atoms. The summed E-state index contributed by atoms with van der Waals surface area (Å²) >= 11 is 0. The van der Waals surface area contributed by atoms with Crippen LogP contribution in [0.4, 0.5) is 0 Å². The third-order valence-electron chi connectivity index (χ3n) is 10.1. The van der Waals surface area contributed by atoms with Gasteiger partial charge in [-0.25, -0.2) is 15.0 Å². The third kappa shape index (κ3) is 5.37. The molecule has 1 heterocycles. The fourth-order valence-corrected chi connectivity index (χ4v) is 7.39. The lowest BCUT2D eigenvalue weighted by Gasteiger charge is -2.13. The summed E-state index contributed by atoms with van der Waals surface area (Å²) in [5, 5.41) is 9.46. The highest BCUT2D eigenvalue weighted by Crippen LogP contribution is 2.37. The standard InChI is InChI=1S/C49H31N3/c1-2-12-34(13-3-1)43-26-27-44(46-17-9-8-16-45(43)46)39-22-20-38-31-42(25-21-37(38)28-39)49-51-47(40-23-18-32-10-4-6-14-35(32)29-40)50-48(52-49)41-24-19-33-11-5-7-15-36(33)30-41/h1-31H. The molecular formula is C49H31N3. The fraction of sp³-hybridized carbons (Fsp3) is 0. The van der Waals surface area contributed by atoms with Crippen LogP contribution < -0.4 is 0 Å². The van der Waals surface area contributed by atoms with Gasteiger partial charge in [0.1, 0.15) is 0 Å². The lowest BCUT2D eigenvalue weighted by molar-refractivity contribution is 1.08. The van der Waals surface area contributed by atoms with Crippen LogP contribution in [0.1, 0.15) is 0 Å². The Kier molecular flexibility index (Phi) is 7.14. The number of nitrogens with zero attached hydrogens (tertiary/aromatic N) is 3. The molecule has 0 aliphatic rings. The first-order valence-electron chi connectivity index (χ1n) is 17.6. The van der Waals surface area contributed by atoms with Crippen molar-refractivity contribution in [2.45, 2.75) is 0 Å². The van der Waals surface area contributed by atoms with Crippen molar-refractivity contribution in [3.05, 3.63) is 188 Å². The summed E-state index contributed by atoms with van der Waals surface area (Å²) in [6, 6.07) is 66.6. The van der Waals surface area contributed by atoms with E-state index >= 15 is 0 Å². The number of rotatable bonds is 5. The van der Waals surface area contributed by atoms with E-state index in [1.807, 2.05) is 0 Å². The zero-order chi connectivity index (χ0) is 34.4. The third-order valence-corrected chi connectivity index (χ3v) is 10.1. The minimum atomic E-state index is 0.648. The highest BCUT2D eigenvalue weighted by Gasteiger charge is 2.15. The Balaban J connectivity index is 1.08. The maximum Gasteiger partial charge on any atom is 0.164 e. The number of hydrogen-bond donors (Lipinski definition) is 0. The molecule has 0 radical (unpaired) electrons. The lowest BCUT2D eigenvalue weighted by Crippen LogP contribution is -2.00. The summed E-state index contributed by atoms with van der Waals surface area (Å²) in [6.45, 7) is 0. The molecule has 0 N–H and O–H groups in total. The summed E-state index contributed by atoms with van der Waals surface area (Å²) in [5.41, 5.74) is 7.74. The molecule has 0 atom stereocenters. The maximum absolute atomic E-state index is 5.09. The number of benzene rings is 9. The van der Waals surface area contributed by atoms with Crippen molar-refractivity contribution in [3.63, 3.8) is 0 Å². The van der Waals surface area contributed by atoms with Crippen molar-refractivity contribution >= 4 is 43.1 Å². The van der Waals surface area contributed by atoms with Crippen LogP contribution in [0, 0.1) is 0 Å². The van der Waals surface area contributed by atoms with E-state index in [1.165, 1.54) is 43.8 Å². The highest BCUT2D eigenvalue weighted by molar-refractivity contribution is 6.06. The molecule has 1 aromatic heterocycles. The molecule has 0 fully saturated rings. The minimum absolute atomic E-state index is 0.648. The molecule has 3 nitrogen and oxygen atoms in total. The molecule has 0 unspecified atom stereocenters. The highest BCUT2D eigenvalue weighted by atomic mass is 15.0. The van der Waals surface area contributed by atoms with Gasteiger partial charge in [0.25, 0.3) is 0 Å². The maximum atomic E-state index is 5.09. The average molecular weight is 662 g/mol. The molecule has 0 saturated carbocycles. The Hall–Kier alpha value is -6.97. The van der Waals surface area contributed by atoms with E-state index in [-0.39, 0.29) is 0 Å². The smallest absolute Gasteiger partial charge is 0.164 e. The van der Waals surface area contributed by atoms with Crippen LogP contribution in [0.5, 0.6) is 0 Å². The van der Waals surface area contributed by atoms with Gasteiger partial charge < -0.3 is 0 Å². The molecule has 0 aliphatic heterocycles. The topological polar surface area (TPSA) is 38.7 Å². The van der Waals surface area contributed by atoms with Gasteiger partial charge in [-0.3, -0.25) is 0 Å². The van der Waals surface area contributed by atoms with Crippen LogP contribution in [0.3, 0.4) is 0 Å². The van der Waals surface area contributed by atoms with E-state index in [0.29, 0.717) is 17.5 Å². The molecule has 10 rings (SSSR count). The SMILES string of the molecule is c1ccc(-c2ccc(-c3ccc4cc(-c5nc(-c6ccc7ccccc7c6)nc(-c6ccc7ccccc7c6)n5)ccc4c3)c3ccccc23)cc1. The zero-order valence-corrected chi connectivity index (χ0v) is 28.2. The van der Waals surface area contributed by atoms with Gasteiger partial charge in [0.05, 0.1) is 0 Å². The molecular weight excluding hydrogens is 631 g/mol. The largest absolute Gasteiger partial charge is 0.208 e. The Bertz CT molecular complexity index is 2870. The molecule has 242 valence electrons. The van der Waals surface area contributed by atoms with E-state index in [2.05, 4.69) is 188 Å². The molecule has 0 saturated heterocycles. The summed E-state index contributed by atoms with van der Waals surface area (Å²) in [5.74, 6) is 1.95. The lowest BCUT2D eigenvalue weighted by atomic mass is 9.91. The van der Waals surface area contributed by atoms with E-state index in [4.69, 9.17) is 15.0 Å². The van der Waals surface area contributed by atoms with Gasteiger partial charge in [0.2, 0.25) is 0 Å². The van der Waals surface area contributed by atoms with Crippen LogP contribution in [0.25, 0.3) is 99.5 Å². The predicted octanol–water partition coefficient (Wildman–Crippen LogP) is 12.8. The summed E-state index contributed by atoms with van der Waals surface area (Å²) in [4.78, 5) is 15.2. The minimum Gasteiger partial charge on any atom is -0.208 e. The van der Waals surface area contributed by atoms with E-state index in [0.717, 1.165) is 38.2 Å². The van der Waals surface area contributed by atoms with Crippen molar-refractivity contribution in [1.82, 2.24) is 15.0 Å². The van der Waals surface area contributed by atoms with E-state index in [9.17, 15) is 0 Å². The monoisotopic (exact) mass is 661 g/mol. The zero-order valence-electron chi connectivity index (χ0n) is 28.2. The summed E-state index contributed by atoms with van der Waals surface area (Å²) < 4.78 is 0. The molecule has 0 amide bonds. The Morgan fingerprint density at radius 3 is 1.08 bits per heavy atom. The molecule has 52 heavy (non-hydrogen) atoms. The predicted molar refractivity (Wildman–Crippen MR) is 217 cm³/mol. The van der Waals surface area contributed by atoms with Crippen LogP contribution in [0.15, 0.2) is 188 Å². The quantitative estimate of drug-likeness (QED) is 0.184. The van der Waals surface area contributed by atoms with Crippen molar-refractivity contribution in [2.24, 2.45) is 0 Å². The second-order valence-corrected chi connectivity index (χ2v) is 13.3. The van der Waals surface area contributed by atoms with Crippen molar-refractivity contribution in [2.75, 3.05) is 0 Å². The van der Waals surface area contributed by atoms with Crippen LogP contribution >= 0.6 is 0 Å². The van der Waals surface area contributed by atoms with Gasteiger partial charge in [0, 0.05) is 16.7 Å². The van der Waals surface area contributed by atoms with Gasteiger partial charge >= 0.3 is 0 Å². The van der Waals surface area contributed by atoms with Crippen molar-refractivity contribution in [1.29, 1.82) is 0 Å². The number of fused-ring (bicyclic) bond motifs is 4. The fourth-order valence-electron chi connectivity index (χ4n) is 7.39.